The Balaban J connectivity index is 1.44. The first-order valence-electron chi connectivity index (χ1n) is 11.3. The van der Waals surface area contributed by atoms with E-state index in [9.17, 15) is 14.4 Å². The van der Waals surface area contributed by atoms with Crippen molar-refractivity contribution >= 4 is 23.5 Å². The molecule has 36 heavy (non-hydrogen) atoms. The summed E-state index contributed by atoms with van der Waals surface area (Å²) in [6, 6.07) is 21.9. The molecule has 0 atom stereocenters. The molecule has 2 amide bonds. The summed E-state index contributed by atoms with van der Waals surface area (Å²) >= 11 is 0. The molecule has 8 heteroatoms. The molecule has 0 bridgehead atoms. The second kappa shape index (κ2) is 11.1. The number of anilines is 1. The number of benzene rings is 3. The quantitative estimate of drug-likeness (QED) is 0.360. The summed E-state index contributed by atoms with van der Waals surface area (Å²) in [5, 5.41) is 5.36. The second-order valence-corrected chi connectivity index (χ2v) is 8.12. The SMILES string of the molecule is COC(=O)CNC(=O)Cc1ccc(NC(=O)c2ccccc2-c2ncc(-c3ccc(C)cc3)o2)cc1. The summed E-state index contributed by atoms with van der Waals surface area (Å²) in [5.41, 5.74) is 4.35. The Kier molecular flexibility index (Phi) is 7.55. The minimum absolute atomic E-state index is 0.0987. The van der Waals surface area contributed by atoms with Crippen LogP contribution in [0.5, 0.6) is 0 Å². The van der Waals surface area contributed by atoms with Crippen LogP contribution in [0.3, 0.4) is 0 Å². The molecule has 8 nitrogen and oxygen atoms in total. The maximum Gasteiger partial charge on any atom is 0.325 e. The van der Waals surface area contributed by atoms with E-state index >= 15 is 0 Å². The maximum atomic E-state index is 13.1. The van der Waals surface area contributed by atoms with Crippen LogP contribution in [0, 0.1) is 6.92 Å². The van der Waals surface area contributed by atoms with Crippen LogP contribution < -0.4 is 10.6 Å². The third kappa shape index (κ3) is 6.04. The average molecular weight is 484 g/mol. The summed E-state index contributed by atoms with van der Waals surface area (Å²) in [5.74, 6) is -0.166. The van der Waals surface area contributed by atoms with Crippen LogP contribution in [0.1, 0.15) is 21.5 Å². The van der Waals surface area contributed by atoms with E-state index in [2.05, 4.69) is 20.4 Å². The first-order chi connectivity index (χ1) is 17.4. The molecular weight excluding hydrogens is 458 g/mol. The van der Waals surface area contributed by atoms with E-state index in [1.807, 2.05) is 37.3 Å². The van der Waals surface area contributed by atoms with Crippen molar-refractivity contribution in [3.8, 4) is 22.8 Å². The van der Waals surface area contributed by atoms with Gasteiger partial charge in [-0.3, -0.25) is 14.4 Å². The molecule has 0 saturated carbocycles. The van der Waals surface area contributed by atoms with Crippen molar-refractivity contribution in [2.75, 3.05) is 19.0 Å². The van der Waals surface area contributed by atoms with Crippen LogP contribution in [-0.4, -0.2) is 36.4 Å². The van der Waals surface area contributed by atoms with Crippen molar-refractivity contribution in [2.24, 2.45) is 0 Å². The van der Waals surface area contributed by atoms with Crippen molar-refractivity contribution in [1.29, 1.82) is 0 Å². The third-order valence-corrected chi connectivity index (χ3v) is 5.48. The van der Waals surface area contributed by atoms with Crippen molar-refractivity contribution in [2.45, 2.75) is 13.3 Å². The number of carbonyl (C=O) groups is 3. The van der Waals surface area contributed by atoms with E-state index in [0.29, 0.717) is 28.5 Å². The number of ether oxygens (including phenoxy) is 1. The summed E-state index contributed by atoms with van der Waals surface area (Å²) in [6.07, 6.45) is 1.75. The lowest BCUT2D eigenvalue weighted by molar-refractivity contribution is -0.141. The number of hydrogen-bond donors (Lipinski definition) is 2. The highest BCUT2D eigenvalue weighted by Crippen LogP contribution is 2.29. The highest BCUT2D eigenvalue weighted by atomic mass is 16.5. The Morgan fingerprint density at radius 3 is 2.39 bits per heavy atom. The van der Waals surface area contributed by atoms with E-state index in [1.165, 1.54) is 7.11 Å². The third-order valence-electron chi connectivity index (χ3n) is 5.48. The van der Waals surface area contributed by atoms with Gasteiger partial charge in [0.05, 0.1) is 25.3 Å². The van der Waals surface area contributed by atoms with Gasteiger partial charge in [0.1, 0.15) is 6.54 Å². The monoisotopic (exact) mass is 483 g/mol. The molecule has 3 aromatic carbocycles. The number of amides is 2. The fraction of sp³-hybridized carbons (Fsp3) is 0.143. The Morgan fingerprint density at radius 1 is 0.944 bits per heavy atom. The van der Waals surface area contributed by atoms with Gasteiger partial charge in [-0.15, -0.1) is 0 Å². The second-order valence-electron chi connectivity index (χ2n) is 8.12. The predicted molar refractivity (Wildman–Crippen MR) is 135 cm³/mol. The molecule has 4 rings (SSSR count). The van der Waals surface area contributed by atoms with Gasteiger partial charge in [0.15, 0.2) is 5.76 Å². The van der Waals surface area contributed by atoms with Gasteiger partial charge < -0.3 is 19.8 Å². The molecule has 1 heterocycles. The molecule has 2 N–H and O–H groups in total. The topological polar surface area (TPSA) is 111 Å². The zero-order valence-electron chi connectivity index (χ0n) is 19.9. The molecule has 0 spiro atoms. The number of carbonyl (C=O) groups excluding carboxylic acids is 3. The number of nitrogens with zero attached hydrogens (tertiary/aromatic N) is 1. The van der Waals surface area contributed by atoms with Crippen LogP contribution >= 0.6 is 0 Å². The molecule has 0 unspecified atom stereocenters. The van der Waals surface area contributed by atoms with Gasteiger partial charge in [0.25, 0.3) is 5.91 Å². The Bertz CT molecular complexity index is 1380. The largest absolute Gasteiger partial charge is 0.468 e. The Hall–Kier alpha value is -4.72. The number of esters is 1. The van der Waals surface area contributed by atoms with E-state index < -0.39 is 5.97 Å². The lowest BCUT2D eigenvalue weighted by atomic mass is 10.1. The number of hydrogen-bond acceptors (Lipinski definition) is 6. The summed E-state index contributed by atoms with van der Waals surface area (Å²) in [4.78, 5) is 40.6. The lowest BCUT2D eigenvalue weighted by Gasteiger charge is -2.09. The number of nitrogens with one attached hydrogen (secondary N) is 2. The number of aromatic nitrogens is 1. The Morgan fingerprint density at radius 2 is 1.67 bits per heavy atom. The van der Waals surface area contributed by atoms with E-state index in [1.54, 1.807) is 48.7 Å². The van der Waals surface area contributed by atoms with Gasteiger partial charge in [-0.2, -0.15) is 0 Å². The van der Waals surface area contributed by atoms with Crippen molar-refractivity contribution in [3.63, 3.8) is 0 Å². The van der Waals surface area contributed by atoms with Gasteiger partial charge in [-0.25, -0.2) is 4.98 Å². The number of aryl methyl sites for hydroxylation is 1. The molecule has 1 aromatic heterocycles. The minimum Gasteiger partial charge on any atom is -0.468 e. The predicted octanol–water partition coefficient (Wildman–Crippen LogP) is 4.40. The molecule has 0 radical (unpaired) electrons. The van der Waals surface area contributed by atoms with Crippen LogP contribution in [0.4, 0.5) is 5.69 Å². The standard InChI is InChI=1S/C28H25N3O5/c1-18-7-11-20(12-8-18)24-16-30-28(36-24)23-6-4-3-5-22(23)27(34)31-21-13-9-19(10-14-21)15-25(32)29-17-26(33)35-2/h3-14,16H,15,17H2,1-2H3,(H,29,32)(H,31,34). The van der Waals surface area contributed by atoms with Gasteiger partial charge in [0, 0.05) is 16.8 Å². The van der Waals surface area contributed by atoms with Crippen molar-refractivity contribution in [3.05, 3.63) is 95.7 Å². The molecule has 0 saturated heterocycles. The highest BCUT2D eigenvalue weighted by molar-refractivity contribution is 6.08. The van der Waals surface area contributed by atoms with E-state index in [4.69, 9.17) is 4.42 Å². The first kappa shape index (κ1) is 24.4. The lowest BCUT2D eigenvalue weighted by Crippen LogP contribution is -2.31. The Labute approximate surface area is 208 Å². The molecular formula is C28H25N3O5. The summed E-state index contributed by atoms with van der Waals surface area (Å²) < 4.78 is 10.5. The maximum absolute atomic E-state index is 13.1. The highest BCUT2D eigenvalue weighted by Gasteiger charge is 2.17. The van der Waals surface area contributed by atoms with Gasteiger partial charge in [-0.1, -0.05) is 54.1 Å². The smallest absolute Gasteiger partial charge is 0.325 e. The van der Waals surface area contributed by atoms with Crippen LogP contribution in [-0.2, 0) is 20.7 Å². The summed E-state index contributed by atoms with van der Waals surface area (Å²) in [7, 11) is 1.26. The number of oxazole rings is 1. The molecule has 0 aliphatic carbocycles. The molecule has 182 valence electrons. The normalized spacial score (nSPS) is 10.5. The van der Waals surface area contributed by atoms with Gasteiger partial charge in [0.2, 0.25) is 11.8 Å². The van der Waals surface area contributed by atoms with Gasteiger partial charge >= 0.3 is 5.97 Å². The van der Waals surface area contributed by atoms with Crippen LogP contribution in [0.25, 0.3) is 22.8 Å². The first-order valence-corrected chi connectivity index (χ1v) is 11.3. The molecule has 4 aromatic rings. The molecule has 0 aliphatic heterocycles. The average Bonchev–Trinajstić information content (AvgIpc) is 3.39. The van der Waals surface area contributed by atoms with Crippen molar-refractivity contribution < 1.29 is 23.5 Å². The minimum atomic E-state index is -0.516. The zero-order chi connectivity index (χ0) is 25.5. The van der Waals surface area contributed by atoms with E-state index in [-0.39, 0.29) is 24.8 Å². The number of rotatable bonds is 8. The van der Waals surface area contributed by atoms with E-state index in [0.717, 1.165) is 16.7 Å². The van der Waals surface area contributed by atoms with Gasteiger partial charge in [-0.05, 0) is 36.8 Å². The van der Waals surface area contributed by atoms with Crippen LogP contribution in [0.2, 0.25) is 0 Å². The van der Waals surface area contributed by atoms with Crippen LogP contribution in [0.15, 0.2) is 83.4 Å². The molecule has 0 fully saturated rings. The molecule has 0 aliphatic rings. The summed E-state index contributed by atoms with van der Waals surface area (Å²) in [6.45, 7) is 1.84. The fourth-order valence-electron chi connectivity index (χ4n) is 3.51. The van der Waals surface area contributed by atoms with Crippen molar-refractivity contribution in [1.82, 2.24) is 10.3 Å². The number of methoxy groups -OCH3 is 1. The fourth-order valence-corrected chi connectivity index (χ4v) is 3.51. The zero-order valence-corrected chi connectivity index (χ0v) is 19.9.